The molecule has 6 nitrogen and oxygen atoms in total. The van der Waals surface area contributed by atoms with Gasteiger partial charge < -0.3 is 9.88 Å². The van der Waals surface area contributed by atoms with Gasteiger partial charge in [-0.1, -0.05) is 24.3 Å². The molecule has 0 atom stereocenters. The van der Waals surface area contributed by atoms with E-state index < -0.39 is 10.0 Å². The van der Waals surface area contributed by atoms with Crippen LogP contribution >= 0.6 is 0 Å². The molecule has 8 heteroatoms. The third-order valence-corrected chi connectivity index (χ3v) is 6.66. The first-order valence-corrected chi connectivity index (χ1v) is 10.0. The molecule has 1 aromatic heterocycles. The van der Waals surface area contributed by atoms with Crippen LogP contribution in [0.25, 0.3) is 10.9 Å². The molecule has 4 rings (SSSR count). The van der Waals surface area contributed by atoms with Crippen LogP contribution in [0.3, 0.4) is 0 Å². The molecule has 0 unspecified atom stereocenters. The lowest BCUT2D eigenvalue weighted by atomic mass is 10.2. The van der Waals surface area contributed by atoms with Crippen molar-refractivity contribution in [2.75, 3.05) is 26.2 Å². The number of H-pyrrole nitrogens is 1. The van der Waals surface area contributed by atoms with E-state index in [4.69, 9.17) is 0 Å². The summed E-state index contributed by atoms with van der Waals surface area (Å²) in [6, 6.07) is 14.4. The Bertz CT molecular complexity index is 1090. The van der Waals surface area contributed by atoms with Crippen LogP contribution in [0.4, 0.5) is 4.39 Å². The number of carbonyl (C=O) groups excluding carboxylic acids is 1. The number of fused-ring (bicyclic) bond motifs is 1. The molecule has 0 radical (unpaired) electrons. The number of benzene rings is 2. The Hall–Kier alpha value is -2.71. The smallest absolute Gasteiger partial charge is 0.270 e. The lowest BCUT2D eigenvalue weighted by molar-refractivity contribution is 0.0693. The van der Waals surface area contributed by atoms with Gasteiger partial charge in [-0.05, 0) is 30.3 Å². The van der Waals surface area contributed by atoms with Crippen LogP contribution in [0, 0.1) is 5.82 Å². The van der Waals surface area contributed by atoms with Crippen LogP contribution in [-0.4, -0.2) is 54.7 Å². The van der Waals surface area contributed by atoms with E-state index in [0.717, 1.165) is 0 Å². The average molecular weight is 387 g/mol. The highest BCUT2D eigenvalue weighted by molar-refractivity contribution is 7.89. The second-order valence-electron chi connectivity index (χ2n) is 6.39. The van der Waals surface area contributed by atoms with E-state index >= 15 is 0 Å². The third-order valence-electron chi connectivity index (χ3n) is 4.75. The number of nitrogens with one attached hydrogen (secondary N) is 1. The van der Waals surface area contributed by atoms with Crippen LogP contribution in [0.1, 0.15) is 10.5 Å². The van der Waals surface area contributed by atoms with Gasteiger partial charge in [-0.15, -0.1) is 0 Å². The summed E-state index contributed by atoms with van der Waals surface area (Å²) in [4.78, 5) is 17.5. The van der Waals surface area contributed by atoms with Crippen molar-refractivity contribution in [1.29, 1.82) is 0 Å². The summed E-state index contributed by atoms with van der Waals surface area (Å²) < 4.78 is 40.5. The minimum atomic E-state index is -3.56. The van der Waals surface area contributed by atoms with Gasteiger partial charge in [0, 0.05) is 37.1 Å². The average Bonchev–Trinajstić information content (AvgIpc) is 3.14. The number of hydrogen-bond donors (Lipinski definition) is 1. The molecule has 2 aromatic carbocycles. The standard InChI is InChI=1S/C19H18FN3O3S/c20-16-7-4-8-17-15(16)13-18(21-17)19(24)22-9-11-23(12-10-22)27(25,26)14-5-2-1-3-6-14/h1-8,13,21H,9-12H2. The van der Waals surface area contributed by atoms with Crippen molar-refractivity contribution in [3.05, 3.63) is 66.1 Å². The molecule has 0 bridgehead atoms. The van der Waals surface area contributed by atoms with Gasteiger partial charge in [0.25, 0.3) is 5.91 Å². The summed E-state index contributed by atoms with van der Waals surface area (Å²) in [5, 5.41) is 0.367. The van der Waals surface area contributed by atoms with Gasteiger partial charge in [-0.25, -0.2) is 12.8 Å². The van der Waals surface area contributed by atoms with Crippen LogP contribution in [0.2, 0.25) is 0 Å². The third kappa shape index (κ3) is 3.22. The summed E-state index contributed by atoms with van der Waals surface area (Å²) in [6.07, 6.45) is 0. The lowest BCUT2D eigenvalue weighted by Gasteiger charge is -2.33. The number of sulfonamides is 1. The summed E-state index contributed by atoms with van der Waals surface area (Å²) in [7, 11) is -3.56. The fourth-order valence-corrected chi connectivity index (χ4v) is 4.72. The summed E-state index contributed by atoms with van der Waals surface area (Å²) in [5.74, 6) is -0.649. The van der Waals surface area contributed by atoms with Crippen LogP contribution < -0.4 is 0 Å². The lowest BCUT2D eigenvalue weighted by Crippen LogP contribution is -2.50. The van der Waals surface area contributed by atoms with Crippen molar-refractivity contribution in [2.45, 2.75) is 4.90 Å². The molecule has 140 valence electrons. The second kappa shape index (κ2) is 6.79. The number of aromatic nitrogens is 1. The number of piperazine rings is 1. The first-order chi connectivity index (χ1) is 13.0. The molecule has 1 amide bonds. The van der Waals surface area contributed by atoms with E-state index in [1.54, 1.807) is 47.4 Å². The first-order valence-electron chi connectivity index (χ1n) is 8.58. The largest absolute Gasteiger partial charge is 0.350 e. The number of rotatable bonds is 3. The minimum Gasteiger partial charge on any atom is -0.350 e. The number of halogens is 1. The quantitative estimate of drug-likeness (QED) is 0.750. The fraction of sp³-hybridized carbons (Fsp3) is 0.211. The van der Waals surface area contributed by atoms with E-state index in [2.05, 4.69) is 4.98 Å². The Morgan fingerprint density at radius 3 is 2.33 bits per heavy atom. The SMILES string of the molecule is O=C(c1cc2c(F)cccc2[nH]1)N1CCN(S(=O)(=O)c2ccccc2)CC1. The summed E-state index contributed by atoms with van der Waals surface area (Å²) >= 11 is 0. The normalized spacial score (nSPS) is 16.0. The van der Waals surface area contributed by atoms with Crippen molar-refractivity contribution in [2.24, 2.45) is 0 Å². The highest BCUT2D eigenvalue weighted by Gasteiger charge is 2.30. The monoisotopic (exact) mass is 387 g/mol. The first kappa shape index (κ1) is 17.7. The maximum Gasteiger partial charge on any atom is 0.270 e. The second-order valence-corrected chi connectivity index (χ2v) is 8.33. The molecule has 1 N–H and O–H groups in total. The zero-order valence-corrected chi connectivity index (χ0v) is 15.2. The summed E-state index contributed by atoms with van der Waals surface area (Å²) in [6.45, 7) is 1.00. The molecule has 0 aliphatic carbocycles. The van der Waals surface area contributed by atoms with E-state index in [1.807, 2.05) is 0 Å². The Morgan fingerprint density at radius 2 is 1.67 bits per heavy atom. The topological polar surface area (TPSA) is 73.5 Å². The van der Waals surface area contributed by atoms with Crippen LogP contribution in [-0.2, 0) is 10.0 Å². The minimum absolute atomic E-state index is 0.220. The Kier molecular flexibility index (Phi) is 4.45. The van der Waals surface area contributed by atoms with Gasteiger partial charge in [0.2, 0.25) is 10.0 Å². The van der Waals surface area contributed by atoms with E-state index in [1.165, 1.54) is 16.4 Å². The van der Waals surface area contributed by atoms with Crippen LogP contribution in [0.5, 0.6) is 0 Å². The molecule has 1 saturated heterocycles. The van der Waals surface area contributed by atoms with Gasteiger partial charge in [0.15, 0.2) is 0 Å². The highest BCUT2D eigenvalue weighted by Crippen LogP contribution is 2.21. The van der Waals surface area contributed by atoms with Crippen molar-refractivity contribution in [3.8, 4) is 0 Å². The molecular formula is C19H18FN3O3S. The Morgan fingerprint density at radius 1 is 0.963 bits per heavy atom. The van der Waals surface area contributed by atoms with Crippen molar-refractivity contribution >= 4 is 26.8 Å². The number of amides is 1. The van der Waals surface area contributed by atoms with Crippen molar-refractivity contribution in [3.63, 3.8) is 0 Å². The Balaban J connectivity index is 1.48. The zero-order chi connectivity index (χ0) is 19.0. The van der Waals surface area contributed by atoms with Gasteiger partial charge in [0.1, 0.15) is 11.5 Å². The molecule has 1 aliphatic rings. The fourth-order valence-electron chi connectivity index (χ4n) is 3.28. The van der Waals surface area contributed by atoms with Gasteiger partial charge >= 0.3 is 0 Å². The maximum absolute atomic E-state index is 13.8. The zero-order valence-electron chi connectivity index (χ0n) is 14.4. The number of hydrogen-bond acceptors (Lipinski definition) is 3. The molecule has 0 spiro atoms. The van der Waals surface area contributed by atoms with Crippen molar-refractivity contribution in [1.82, 2.24) is 14.2 Å². The van der Waals surface area contributed by atoms with E-state index in [-0.39, 0.29) is 42.8 Å². The molecular weight excluding hydrogens is 369 g/mol. The van der Waals surface area contributed by atoms with Crippen LogP contribution in [0.15, 0.2) is 59.5 Å². The Labute approximate surface area is 156 Å². The number of carbonyl (C=O) groups is 1. The number of aromatic amines is 1. The molecule has 2 heterocycles. The predicted octanol–water partition coefficient (Wildman–Crippen LogP) is 2.45. The molecule has 27 heavy (non-hydrogen) atoms. The van der Waals surface area contributed by atoms with E-state index in [9.17, 15) is 17.6 Å². The molecule has 3 aromatic rings. The van der Waals surface area contributed by atoms with Gasteiger partial charge in [0.05, 0.1) is 4.90 Å². The molecule has 0 saturated carbocycles. The van der Waals surface area contributed by atoms with Gasteiger partial charge in [-0.3, -0.25) is 4.79 Å². The van der Waals surface area contributed by atoms with E-state index in [0.29, 0.717) is 16.6 Å². The highest BCUT2D eigenvalue weighted by atomic mass is 32.2. The number of nitrogens with zero attached hydrogens (tertiary/aromatic N) is 2. The van der Waals surface area contributed by atoms with Gasteiger partial charge in [-0.2, -0.15) is 4.31 Å². The van der Waals surface area contributed by atoms with Crippen molar-refractivity contribution < 1.29 is 17.6 Å². The molecule has 1 aliphatic heterocycles. The predicted molar refractivity (Wildman–Crippen MR) is 99.4 cm³/mol. The summed E-state index contributed by atoms with van der Waals surface area (Å²) in [5.41, 5.74) is 0.859. The molecule has 1 fully saturated rings. The maximum atomic E-state index is 13.8.